The van der Waals surface area contributed by atoms with E-state index in [-0.39, 0.29) is 24.7 Å². The molecule has 3 aromatic rings. The fourth-order valence-corrected chi connectivity index (χ4v) is 3.00. The first-order valence-electron chi connectivity index (χ1n) is 7.87. The van der Waals surface area contributed by atoms with Gasteiger partial charge in [0.25, 0.3) is 0 Å². The maximum absolute atomic E-state index is 13.9. The number of anilines is 1. The molecule has 1 aromatic carbocycles. The van der Waals surface area contributed by atoms with Crippen molar-refractivity contribution in [2.45, 2.75) is 26.4 Å². The molecule has 1 N–H and O–H groups in total. The van der Waals surface area contributed by atoms with Crippen LogP contribution in [0.2, 0.25) is 5.02 Å². The van der Waals surface area contributed by atoms with Gasteiger partial charge in [0.1, 0.15) is 5.82 Å². The van der Waals surface area contributed by atoms with Crippen LogP contribution < -0.4 is 5.32 Å². The minimum atomic E-state index is -0.386. The van der Waals surface area contributed by atoms with E-state index < -0.39 is 0 Å². The van der Waals surface area contributed by atoms with Crippen LogP contribution in [0.3, 0.4) is 0 Å². The number of nitrogens with zero attached hydrogens (tertiary/aromatic N) is 4. The summed E-state index contributed by atoms with van der Waals surface area (Å²) >= 11 is 9.37. The molecule has 0 aliphatic rings. The molecule has 3 rings (SSSR count). The summed E-state index contributed by atoms with van der Waals surface area (Å²) in [4.78, 5) is 12.1. The van der Waals surface area contributed by atoms with Crippen LogP contribution in [-0.4, -0.2) is 25.5 Å². The number of nitrogens with one attached hydrogen (secondary N) is 1. The second-order valence-electron chi connectivity index (χ2n) is 5.75. The molecule has 1 amide bonds. The molecule has 0 saturated carbocycles. The van der Waals surface area contributed by atoms with Gasteiger partial charge in [-0.05, 0) is 35.0 Å². The van der Waals surface area contributed by atoms with Gasteiger partial charge in [-0.25, -0.2) is 4.39 Å². The summed E-state index contributed by atoms with van der Waals surface area (Å²) in [5.41, 5.74) is 1.15. The quantitative estimate of drug-likeness (QED) is 0.630. The molecule has 0 radical (unpaired) electrons. The van der Waals surface area contributed by atoms with Gasteiger partial charge in [-0.3, -0.25) is 14.2 Å². The first-order chi connectivity index (χ1) is 12.4. The maximum Gasteiger partial charge on any atom is 0.227 e. The number of carbonyl (C=O) groups excluding carboxylic acids is 1. The number of carbonyl (C=O) groups is 1. The predicted octanol–water partition coefficient (Wildman–Crippen LogP) is 4.02. The van der Waals surface area contributed by atoms with Gasteiger partial charge in [-0.2, -0.15) is 10.2 Å². The van der Waals surface area contributed by atoms with Gasteiger partial charge in [0.15, 0.2) is 5.82 Å². The van der Waals surface area contributed by atoms with Gasteiger partial charge in [0.2, 0.25) is 5.91 Å². The lowest BCUT2D eigenvalue weighted by Crippen LogP contribution is -2.15. The van der Waals surface area contributed by atoms with Crippen molar-refractivity contribution in [3.05, 3.63) is 63.2 Å². The smallest absolute Gasteiger partial charge is 0.227 e. The third-order valence-corrected chi connectivity index (χ3v) is 4.55. The molecule has 0 aliphatic heterocycles. The van der Waals surface area contributed by atoms with E-state index in [1.807, 2.05) is 6.92 Å². The molecule has 136 valence electrons. The average molecular weight is 441 g/mol. The van der Waals surface area contributed by atoms with Crippen LogP contribution >= 0.6 is 27.5 Å². The molecule has 26 heavy (non-hydrogen) atoms. The maximum atomic E-state index is 13.9. The molecule has 0 saturated heterocycles. The lowest BCUT2D eigenvalue weighted by Gasteiger charge is -2.07. The van der Waals surface area contributed by atoms with Crippen LogP contribution in [0.15, 0.2) is 41.1 Å². The van der Waals surface area contributed by atoms with Crippen molar-refractivity contribution in [3.63, 3.8) is 0 Å². The van der Waals surface area contributed by atoms with Crippen LogP contribution in [0, 0.1) is 12.7 Å². The van der Waals surface area contributed by atoms with E-state index in [2.05, 4.69) is 31.4 Å². The van der Waals surface area contributed by atoms with E-state index in [0.29, 0.717) is 22.9 Å². The van der Waals surface area contributed by atoms with Crippen LogP contribution in [-0.2, 0) is 17.9 Å². The first kappa shape index (κ1) is 18.6. The highest BCUT2D eigenvalue weighted by atomic mass is 79.9. The van der Waals surface area contributed by atoms with E-state index >= 15 is 0 Å². The number of hydrogen-bond donors (Lipinski definition) is 1. The fraction of sp³-hybridized carbons (Fsp3) is 0.235. The van der Waals surface area contributed by atoms with Crippen molar-refractivity contribution >= 4 is 39.3 Å². The lowest BCUT2D eigenvalue weighted by molar-refractivity contribution is -0.116. The summed E-state index contributed by atoms with van der Waals surface area (Å²) in [5, 5.41) is 11.5. The van der Waals surface area contributed by atoms with Gasteiger partial charge >= 0.3 is 0 Å². The second-order valence-corrected chi connectivity index (χ2v) is 7.07. The summed E-state index contributed by atoms with van der Waals surface area (Å²) in [6.45, 7) is 2.48. The van der Waals surface area contributed by atoms with E-state index in [9.17, 15) is 9.18 Å². The Morgan fingerprint density at radius 2 is 2.23 bits per heavy atom. The zero-order valence-corrected chi connectivity index (χ0v) is 16.3. The highest BCUT2D eigenvalue weighted by Crippen LogP contribution is 2.21. The van der Waals surface area contributed by atoms with Gasteiger partial charge in [0, 0.05) is 41.5 Å². The van der Waals surface area contributed by atoms with Crippen LogP contribution in [0.25, 0.3) is 0 Å². The molecule has 0 spiro atoms. The third-order valence-electron chi connectivity index (χ3n) is 3.79. The van der Waals surface area contributed by atoms with Crippen molar-refractivity contribution in [1.82, 2.24) is 19.6 Å². The van der Waals surface area contributed by atoms with Gasteiger partial charge in [-0.15, -0.1) is 0 Å². The molecule has 0 bridgehead atoms. The Balaban J connectivity index is 1.63. The molecular weight excluding hydrogens is 425 g/mol. The molecule has 0 atom stereocenters. The first-order valence-corrected chi connectivity index (χ1v) is 9.04. The Bertz CT molecular complexity index is 919. The SMILES string of the molecule is Cc1cc(NC(=O)CCn2cc(Br)cn2)nn1Cc1c(F)cccc1Cl. The zero-order valence-electron chi connectivity index (χ0n) is 13.9. The van der Waals surface area contributed by atoms with Gasteiger partial charge < -0.3 is 5.32 Å². The molecule has 9 heteroatoms. The van der Waals surface area contributed by atoms with Gasteiger partial charge in [-0.1, -0.05) is 17.7 Å². The van der Waals surface area contributed by atoms with Crippen molar-refractivity contribution in [2.75, 3.05) is 5.32 Å². The lowest BCUT2D eigenvalue weighted by atomic mass is 10.2. The van der Waals surface area contributed by atoms with E-state index in [1.165, 1.54) is 6.07 Å². The number of benzene rings is 1. The van der Waals surface area contributed by atoms with Crippen molar-refractivity contribution in [3.8, 4) is 0 Å². The number of amides is 1. The molecule has 0 unspecified atom stereocenters. The number of rotatable bonds is 6. The van der Waals surface area contributed by atoms with Crippen LogP contribution in [0.1, 0.15) is 17.7 Å². The Hall–Kier alpha value is -2.19. The molecule has 0 aliphatic carbocycles. The summed E-state index contributed by atoms with van der Waals surface area (Å²) in [7, 11) is 0. The Kier molecular flexibility index (Phi) is 5.73. The number of halogens is 3. The minimum Gasteiger partial charge on any atom is -0.309 e. The number of aryl methyl sites for hydroxylation is 2. The fourth-order valence-electron chi connectivity index (χ4n) is 2.45. The molecular formula is C17H16BrClFN5O. The molecule has 6 nitrogen and oxygen atoms in total. The minimum absolute atomic E-state index is 0.176. The highest BCUT2D eigenvalue weighted by molar-refractivity contribution is 9.10. The predicted molar refractivity (Wildman–Crippen MR) is 101 cm³/mol. The molecule has 2 aromatic heterocycles. The van der Waals surface area contributed by atoms with Crippen molar-refractivity contribution < 1.29 is 9.18 Å². The van der Waals surface area contributed by atoms with Crippen LogP contribution in [0.5, 0.6) is 0 Å². The van der Waals surface area contributed by atoms with E-state index in [1.54, 1.807) is 40.0 Å². The Labute approximate surface area is 163 Å². The highest BCUT2D eigenvalue weighted by Gasteiger charge is 2.12. The normalized spacial score (nSPS) is 10.9. The zero-order chi connectivity index (χ0) is 18.7. The Morgan fingerprint density at radius 1 is 1.42 bits per heavy atom. The summed E-state index contributed by atoms with van der Waals surface area (Å²) in [5.74, 6) is -0.143. The Morgan fingerprint density at radius 3 is 2.92 bits per heavy atom. The summed E-state index contributed by atoms with van der Waals surface area (Å²) < 4.78 is 18.1. The number of hydrogen-bond acceptors (Lipinski definition) is 3. The average Bonchev–Trinajstić information content (AvgIpc) is 3.15. The molecule has 0 fully saturated rings. The summed E-state index contributed by atoms with van der Waals surface area (Å²) in [6, 6.07) is 6.28. The standard InChI is InChI=1S/C17H16BrClFN5O/c1-11-7-16(22-17(26)5-6-24-9-12(18)8-21-24)23-25(11)10-13-14(19)3-2-4-15(13)20/h2-4,7-9H,5-6,10H2,1H3,(H,22,23,26). The van der Waals surface area contributed by atoms with Crippen molar-refractivity contribution in [2.24, 2.45) is 0 Å². The van der Waals surface area contributed by atoms with Crippen molar-refractivity contribution in [1.29, 1.82) is 0 Å². The van der Waals surface area contributed by atoms with E-state index in [0.717, 1.165) is 10.2 Å². The van der Waals surface area contributed by atoms with Crippen LogP contribution in [0.4, 0.5) is 10.2 Å². The summed E-state index contributed by atoms with van der Waals surface area (Å²) in [6.07, 6.45) is 3.72. The third kappa shape index (κ3) is 4.50. The number of aromatic nitrogens is 4. The largest absolute Gasteiger partial charge is 0.309 e. The second kappa shape index (κ2) is 8.01. The topological polar surface area (TPSA) is 64.7 Å². The van der Waals surface area contributed by atoms with Gasteiger partial charge in [0.05, 0.1) is 17.2 Å². The van der Waals surface area contributed by atoms with E-state index in [4.69, 9.17) is 11.6 Å². The monoisotopic (exact) mass is 439 g/mol. The molecule has 2 heterocycles.